The summed E-state index contributed by atoms with van der Waals surface area (Å²) in [4.78, 5) is 29.3. The van der Waals surface area contributed by atoms with Crippen molar-refractivity contribution in [2.24, 2.45) is 0 Å². The molecule has 0 unspecified atom stereocenters. The lowest BCUT2D eigenvalue weighted by molar-refractivity contribution is -0.116. The molecule has 3 rings (SSSR count). The number of thiazole rings is 1. The van der Waals surface area contributed by atoms with Crippen LogP contribution in [0.5, 0.6) is 0 Å². The molecule has 0 aliphatic carbocycles. The van der Waals surface area contributed by atoms with Crippen LogP contribution in [0, 0.1) is 6.92 Å². The van der Waals surface area contributed by atoms with Crippen LogP contribution in [-0.2, 0) is 4.79 Å². The fourth-order valence-corrected chi connectivity index (χ4v) is 3.75. The van der Waals surface area contributed by atoms with Gasteiger partial charge in [-0.1, -0.05) is 11.8 Å². The number of hydrogen-bond donors (Lipinski definition) is 1. The predicted octanol–water partition coefficient (Wildman–Crippen LogP) is 2.71. The number of amides is 2. The van der Waals surface area contributed by atoms with Crippen LogP contribution in [0.3, 0.4) is 0 Å². The maximum atomic E-state index is 11.9. The van der Waals surface area contributed by atoms with E-state index in [1.807, 2.05) is 25.1 Å². The Morgan fingerprint density at radius 3 is 3.10 bits per heavy atom. The molecule has 2 amide bonds. The zero-order chi connectivity index (χ0) is 14.1. The third-order valence-corrected chi connectivity index (χ3v) is 4.78. The van der Waals surface area contributed by atoms with Gasteiger partial charge in [-0.15, -0.1) is 11.3 Å². The smallest absolute Gasteiger partial charge is 0.282 e. The van der Waals surface area contributed by atoms with E-state index < -0.39 is 0 Å². The van der Waals surface area contributed by atoms with Gasteiger partial charge in [-0.2, -0.15) is 0 Å². The number of carbonyl (C=O) groups is 2. The molecule has 2 aromatic rings. The average molecular weight is 307 g/mol. The summed E-state index contributed by atoms with van der Waals surface area (Å²) in [5, 5.41) is 3.81. The number of nitrogens with one attached hydrogen (secondary N) is 1. The molecule has 1 saturated heterocycles. The largest absolute Gasteiger partial charge is 0.324 e. The third-order valence-electron chi connectivity index (χ3n) is 2.96. The summed E-state index contributed by atoms with van der Waals surface area (Å²) in [7, 11) is 0. The summed E-state index contributed by atoms with van der Waals surface area (Å²) >= 11 is 2.86. The monoisotopic (exact) mass is 307 g/mol. The Morgan fingerprint density at radius 1 is 1.50 bits per heavy atom. The van der Waals surface area contributed by atoms with Crippen molar-refractivity contribution < 1.29 is 9.59 Å². The Hall–Kier alpha value is -1.60. The topological polar surface area (TPSA) is 62.3 Å². The van der Waals surface area contributed by atoms with Crippen molar-refractivity contribution in [3.05, 3.63) is 23.2 Å². The first kappa shape index (κ1) is 13.4. The zero-order valence-electron chi connectivity index (χ0n) is 10.9. The van der Waals surface area contributed by atoms with Gasteiger partial charge >= 0.3 is 0 Å². The van der Waals surface area contributed by atoms with Crippen molar-refractivity contribution in [3.63, 3.8) is 0 Å². The normalized spacial score (nSPS) is 15.1. The molecule has 1 N–H and O–H groups in total. The van der Waals surface area contributed by atoms with E-state index in [1.165, 1.54) is 11.8 Å². The van der Waals surface area contributed by atoms with E-state index in [0.29, 0.717) is 6.54 Å². The van der Waals surface area contributed by atoms with Gasteiger partial charge in [0.2, 0.25) is 5.91 Å². The molecular weight excluding hydrogens is 294 g/mol. The fourth-order valence-electron chi connectivity index (χ4n) is 2.06. The first-order chi connectivity index (χ1) is 9.61. The number of nitrogens with zero attached hydrogens (tertiary/aromatic N) is 2. The summed E-state index contributed by atoms with van der Waals surface area (Å²) in [5.74, 6) is 0.597. The SMILES string of the molecule is Cc1nc2ccc(NC(=O)CN3CCSC3=O)cc2s1. The summed E-state index contributed by atoms with van der Waals surface area (Å²) in [6, 6.07) is 5.64. The minimum atomic E-state index is -0.165. The number of anilines is 1. The van der Waals surface area contributed by atoms with Gasteiger partial charge in [-0.3, -0.25) is 9.59 Å². The van der Waals surface area contributed by atoms with Crippen LogP contribution in [0.15, 0.2) is 18.2 Å². The van der Waals surface area contributed by atoms with Crippen molar-refractivity contribution in [2.45, 2.75) is 6.92 Å². The van der Waals surface area contributed by atoms with Gasteiger partial charge in [-0.25, -0.2) is 4.98 Å². The van der Waals surface area contributed by atoms with Crippen molar-refractivity contribution in [3.8, 4) is 0 Å². The van der Waals surface area contributed by atoms with Gasteiger partial charge in [0.1, 0.15) is 6.54 Å². The van der Waals surface area contributed by atoms with Gasteiger partial charge < -0.3 is 10.2 Å². The second-order valence-corrected chi connectivity index (χ2v) is 6.78. The highest BCUT2D eigenvalue weighted by Gasteiger charge is 2.23. The molecule has 0 saturated carbocycles. The molecule has 5 nitrogen and oxygen atoms in total. The molecule has 7 heteroatoms. The Morgan fingerprint density at radius 2 is 2.35 bits per heavy atom. The summed E-state index contributed by atoms with van der Waals surface area (Å²) in [6.45, 7) is 2.72. The standard InChI is InChI=1S/C13H13N3O2S2/c1-8-14-10-3-2-9(6-11(10)20-8)15-12(17)7-16-4-5-19-13(16)18/h2-3,6H,4-5,7H2,1H3,(H,15,17). The minimum absolute atomic E-state index is 0.0197. The molecule has 0 radical (unpaired) electrons. The Balaban J connectivity index is 1.69. The van der Waals surface area contributed by atoms with Crippen LogP contribution in [0.25, 0.3) is 10.2 Å². The highest BCUT2D eigenvalue weighted by molar-refractivity contribution is 8.13. The molecule has 1 aromatic carbocycles. The van der Waals surface area contributed by atoms with Crippen LogP contribution >= 0.6 is 23.1 Å². The van der Waals surface area contributed by atoms with E-state index in [9.17, 15) is 9.59 Å². The van der Waals surface area contributed by atoms with E-state index >= 15 is 0 Å². The summed E-state index contributed by atoms with van der Waals surface area (Å²) in [6.07, 6.45) is 0. The summed E-state index contributed by atoms with van der Waals surface area (Å²) in [5.41, 5.74) is 1.68. The number of hydrogen-bond acceptors (Lipinski definition) is 5. The number of rotatable bonds is 3. The second kappa shape index (κ2) is 5.41. The number of aryl methyl sites for hydroxylation is 1. The van der Waals surface area contributed by atoms with E-state index in [0.717, 1.165) is 26.7 Å². The summed E-state index contributed by atoms with van der Waals surface area (Å²) < 4.78 is 1.05. The molecule has 104 valence electrons. The number of fused-ring (bicyclic) bond motifs is 1. The molecule has 0 spiro atoms. The average Bonchev–Trinajstić information content (AvgIpc) is 2.94. The molecule has 0 atom stereocenters. The first-order valence-electron chi connectivity index (χ1n) is 6.20. The van der Waals surface area contributed by atoms with E-state index in [2.05, 4.69) is 10.3 Å². The predicted molar refractivity (Wildman–Crippen MR) is 82.4 cm³/mol. The van der Waals surface area contributed by atoms with Gasteiger partial charge in [0.25, 0.3) is 5.24 Å². The minimum Gasteiger partial charge on any atom is -0.324 e. The lowest BCUT2D eigenvalue weighted by Gasteiger charge is -2.13. The van der Waals surface area contributed by atoms with Crippen LogP contribution in [-0.4, -0.2) is 39.9 Å². The highest BCUT2D eigenvalue weighted by atomic mass is 32.2. The van der Waals surface area contributed by atoms with Crippen LogP contribution in [0.4, 0.5) is 10.5 Å². The van der Waals surface area contributed by atoms with Gasteiger partial charge in [-0.05, 0) is 25.1 Å². The third kappa shape index (κ3) is 2.78. The highest BCUT2D eigenvalue weighted by Crippen LogP contribution is 2.25. The Labute approximate surface area is 124 Å². The molecule has 1 aromatic heterocycles. The van der Waals surface area contributed by atoms with Crippen molar-refractivity contribution in [2.75, 3.05) is 24.2 Å². The fraction of sp³-hybridized carbons (Fsp3) is 0.308. The quantitative estimate of drug-likeness (QED) is 0.947. The van der Waals surface area contributed by atoms with Crippen molar-refractivity contribution in [1.29, 1.82) is 0 Å². The number of benzene rings is 1. The molecule has 2 heterocycles. The van der Waals surface area contributed by atoms with E-state index in [-0.39, 0.29) is 17.7 Å². The van der Waals surface area contributed by atoms with Gasteiger partial charge in [0.05, 0.1) is 15.2 Å². The molecule has 1 aliphatic heterocycles. The van der Waals surface area contributed by atoms with Crippen LogP contribution < -0.4 is 5.32 Å². The molecule has 0 bridgehead atoms. The second-order valence-electron chi connectivity index (χ2n) is 4.50. The Bertz CT molecular complexity index is 683. The van der Waals surface area contributed by atoms with Crippen molar-refractivity contribution >= 4 is 50.1 Å². The maximum Gasteiger partial charge on any atom is 0.282 e. The molecule has 1 fully saturated rings. The number of carbonyl (C=O) groups excluding carboxylic acids is 2. The molecular formula is C13H13N3O2S2. The number of aromatic nitrogens is 1. The first-order valence-corrected chi connectivity index (χ1v) is 8.01. The number of thioether (sulfide) groups is 1. The van der Waals surface area contributed by atoms with Gasteiger partial charge in [0, 0.05) is 18.0 Å². The maximum absolute atomic E-state index is 11.9. The zero-order valence-corrected chi connectivity index (χ0v) is 12.5. The molecule has 20 heavy (non-hydrogen) atoms. The van der Waals surface area contributed by atoms with Crippen LogP contribution in [0.1, 0.15) is 5.01 Å². The van der Waals surface area contributed by atoms with E-state index in [4.69, 9.17) is 0 Å². The Kier molecular flexibility index (Phi) is 3.62. The molecule has 1 aliphatic rings. The van der Waals surface area contributed by atoms with E-state index in [1.54, 1.807) is 16.2 Å². The lowest BCUT2D eigenvalue weighted by Crippen LogP contribution is -2.33. The van der Waals surface area contributed by atoms with Crippen LogP contribution in [0.2, 0.25) is 0 Å². The lowest BCUT2D eigenvalue weighted by atomic mass is 10.3. The van der Waals surface area contributed by atoms with Crippen molar-refractivity contribution in [1.82, 2.24) is 9.88 Å². The van der Waals surface area contributed by atoms with Gasteiger partial charge in [0.15, 0.2) is 0 Å².